The van der Waals surface area contributed by atoms with Crippen LogP contribution in [0.15, 0.2) is 94.4 Å². The van der Waals surface area contributed by atoms with E-state index < -0.39 is 38.3 Å². The molecule has 1 N–H and O–H groups in total. The molecule has 0 saturated carbocycles. The third-order valence-corrected chi connectivity index (χ3v) is 6.93. The van der Waals surface area contributed by atoms with E-state index in [0.29, 0.717) is 11.3 Å². The molecule has 0 spiro atoms. The van der Waals surface area contributed by atoms with Crippen molar-refractivity contribution in [2.75, 3.05) is 12.0 Å². The Hall–Kier alpha value is -3.65. The quantitative estimate of drug-likeness (QED) is 0.645. The second-order valence-corrected chi connectivity index (χ2v) is 8.77. The zero-order valence-electron chi connectivity index (χ0n) is 16.4. The molecule has 1 aliphatic rings. The first-order chi connectivity index (χ1) is 14.8. The summed E-state index contributed by atoms with van der Waals surface area (Å²) in [6.45, 7) is 0. The molecule has 6 nitrogen and oxygen atoms in total. The van der Waals surface area contributed by atoms with Crippen molar-refractivity contribution < 1.29 is 27.4 Å². The molecule has 31 heavy (non-hydrogen) atoms. The highest BCUT2D eigenvalue weighted by Crippen LogP contribution is 2.45. The highest BCUT2D eigenvalue weighted by atomic mass is 32.2. The number of sulfone groups is 1. The summed E-state index contributed by atoms with van der Waals surface area (Å²) in [5.41, 5.74) is 0.689. The van der Waals surface area contributed by atoms with E-state index in [4.69, 9.17) is 4.74 Å². The van der Waals surface area contributed by atoms with Crippen LogP contribution in [0.3, 0.4) is 0 Å². The molecule has 3 aromatic rings. The number of benzene rings is 3. The fraction of sp³-hybridized carbons (Fsp3) is 0.0870. The third-order valence-electron chi connectivity index (χ3n) is 5.04. The van der Waals surface area contributed by atoms with Crippen molar-refractivity contribution in [2.45, 2.75) is 10.9 Å². The smallest absolute Gasteiger partial charge is 0.295 e. The summed E-state index contributed by atoms with van der Waals surface area (Å²) < 4.78 is 45.5. The Kier molecular flexibility index (Phi) is 5.24. The van der Waals surface area contributed by atoms with Crippen LogP contribution >= 0.6 is 0 Å². The standard InChI is InChI=1S/C23H18FNO5S/c1-30-18-13-7-15(8-14-18)20-22(31(28,29)19-5-3-2-4-6-19)21(26)23(27)25(20)17-11-9-16(24)10-12-17/h2-14,20,26H,1H3/t20-/m0/s1. The first kappa shape index (κ1) is 20.6. The molecule has 0 saturated heterocycles. The minimum atomic E-state index is -4.22. The normalized spacial score (nSPS) is 16.6. The summed E-state index contributed by atoms with van der Waals surface area (Å²) in [5, 5.41) is 10.7. The maximum Gasteiger partial charge on any atom is 0.295 e. The van der Waals surface area contributed by atoms with Crippen molar-refractivity contribution in [1.29, 1.82) is 0 Å². The minimum absolute atomic E-state index is 0.0520. The number of aliphatic hydroxyl groups excluding tert-OH is 1. The van der Waals surface area contributed by atoms with Crippen LogP contribution in [-0.4, -0.2) is 26.5 Å². The van der Waals surface area contributed by atoms with E-state index in [1.807, 2.05) is 0 Å². The molecule has 1 atom stereocenters. The predicted octanol–water partition coefficient (Wildman–Crippen LogP) is 4.17. The summed E-state index contributed by atoms with van der Waals surface area (Å²) in [6, 6.07) is 18.0. The monoisotopic (exact) mass is 439 g/mol. The zero-order valence-corrected chi connectivity index (χ0v) is 17.2. The first-order valence-corrected chi connectivity index (χ1v) is 10.8. The molecule has 1 heterocycles. The van der Waals surface area contributed by atoms with Crippen molar-refractivity contribution in [3.05, 3.63) is 101 Å². The minimum Gasteiger partial charge on any atom is -0.502 e. The number of carbonyl (C=O) groups is 1. The Labute approximate surface area is 178 Å². The van der Waals surface area contributed by atoms with Gasteiger partial charge in [0.1, 0.15) is 22.5 Å². The molecule has 3 aromatic carbocycles. The fourth-order valence-electron chi connectivity index (χ4n) is 3.54. The van der Waals surface area contributed by atoms with Gasteiger partial charge in [0.15, 0.2) is 5.76 Å². The van der Waals surface area contributed by atoms with Crippen molar-refractivity contribution >= 4 is 21.4 Å². The number of hydrogen-bond acceptors (Lipinski definition) is 5. The van der Waals surface area contributed by atoms with Gasteiger partial charge < -0.3 is 9.84 Å². The zero-order chi connectivity index (χ0) is 22.2. The van der Waals surface area contributed by atoms with Gasteiger partial charge in [-0.1, -0.05) is 30.3 Å². The molecule has 1 aliphatic heterocycles. The van der Waals surface area contributed by atoms with Gasteiger partial charge in [-0.3, -0.25) is 9.69 Å². The third kappa shape index (κ3) is 3.55. The average Bonchev–Trinajstić information content (AvgIpc) is 3.06. The summed E-state index contributed by atoms with van der Waals surface area (Å²) in [6.07, 6.45) is 0. The molecule has 1 amide bonds. The SMILES string of the molecule is COc1ccc([C@H]2C(S(=O)(=O)c3ccccc3)=C(O)C(=O)N2c2ccc(F)cc2)cc1. The molecule has 0 radical (unpaired) electrons. The van der Waals surface area contributed by atoms with Crippen LogP contribution in [-0.2, 0) is 14.6 Å². The van der Waals surface area contributed by atoms with Gasteiger partial charge in [-0.15, -0.1) is 0 Å². The summed E-state index contributed by atoms with van der Waals surface area (Å²) in [7, 11) is -2.73. The van der Waals surface area contributed by atoms with Gasteiger partial charge in [0, 0.05) is 5.69 Å². The van der Waals surface area contributed by atoms with Gasteiger partial charge in [-0.25, -0.2) is 12.8 Å². The molecule has 0 unspecified atom stereocenters. The van der Waals surface area contributed by atoms with Crippen molar-refractivity contribution in [3.8, 4) is 5.75 Å². The maximum absolute atomic E-state index is 13.5. The summed E-state index contributed by atoms with van der Waals surface area (Å²) in [5.74, 6) is -1.72. The van der Waals surface area contributed by atoms with E-state index in [9.17, 15) is 22.7 Å². The number of amides is 1. The van der Waals surface area contributed by atoms with Crippen molar-refractivity contribution in [2.24, 2.45) is 0 Å². The number of hydrogen-bond donors (Lipinski definition) is 1. The Balaban J connectivity index is 1.93. The second kappa shape index (κ2) is 7.88. The van der Waals surface area contributed by atoms with Crippen molar-refractivity contribution in [3.63, 3.8) is 0 Å². The maximum atomic E-state index is 13.5. The molecule has 158 valence electrons. The predicted molar refractivity (Wildman–Crippen MR) is 113 cm³/mol. The number of ether oxygens (including phenoxy) is 1. The van der Waals surface area contributed by atoms with Gasteiger partial charge >= 0.3 is 0 Å². The van der Waals surface area contributed by atoms with E-state index in [0.717, 1.165) is 17.0 Å². The molecule has 0 aliphatic carbocycles. The highest BCUT2D eigenvalue weighted by molar-refractivity contribution is 7.95. The Morgan fingerprint density at radius 3 is 2.13 bits per heavy atom. The number of rotatable bonds is 5. The Bertz CT molecular complexity index is 1250. The molecule has 0 aromatic heterocycles. The number of halogens is 1. The first-order valence-electron chi connectivity index (χ1n) is 9.31. The highest BCUT2D eigenvalue weighted by Gasteiger charge is 2.47. The van der Waals surface area contributed by atoms with Crippen LogP contribution in [0.1, 0.15) is 11.6 Å². The van der Waals surface area contributed by atoms with Crippen LogP contribution in [0.4, 0.5) is 10.1 Å². The van der Waals surface area contributed by atoms with Gasteiger partial charge in [0.2, 0.25) is 9.84 Å². The summed E-state index contributed by atoms with van der Waals surface area (Å²) >= 11 is 0. The van der Waals surface area contributed by atoms with E-state index in [-0.39, 0.29) is 10.6 Å². The van der Waals surface area contributed by atoms with E-state index in [1.165, 1.54) is 31.4 Å². The number of anilines is 1. The van der Waals surface area contributed by atoms with E-state index >= 15 is 0 Å². The lowest BCUT2D eigenvalue weighted by molar-refractivity contribution is -0.117. The largest absolute Gasteiger partial charge is 0.502 e. The van der Waals surface area contributed by atoms with Gasteiger partial charge in [-0.2, -0.15) is 0 Å². The van der Waals surface area contributed by atoms with Crippen LogP contribution in [0.5, 0.6) is 5.75 Å². The summed E-state index contributed by atoms with van der Waals surface area (Å²) in [4.78, 5) is 13.7. The molecule has 8 heteroatoms. The molecule has 0 fully saturated rings. The fourth-order valence-corrected chi connectivity index (χ4v) is 5.19. The average molecular weight is 439 g/mol. The van der Waals surface area contributed by atoms with Crippen LogP contribution in [0, 0.1) is 5.82 Å². The van der Waals surface area contributed by atoms with Crippen molar-refractivity contribution in [1.82, 2.24) is 0 Å². The molecule has 4 rings (SSSR count). The van der Waals surface area contributed by atoms with Gasteiger partial charge in [0.25, 0.3) is 5.91 Å². The van der Waals surface area contributed by atoms with E-state index in [2.05, 4.69) is 0 Å². The lowest BCUT2D eigenvalue weighted by Crippen LogP contribution is -2.31. The Morgan fingerprint density at radius 2 is 1.55 bits per heavy atom. The van der Waals surface area contributed by atoms with Crippen LogP contribution in [0.25, 0.3) is 0 Å². The van der Waals surface area contributed by atoms with Gasteiger partial charge in [0.05, 0.1) is 12.0 Å². The van der Waals surface area contributed by atoms with Gasteiger partial charge in [-0.05, 0) is 54.1 Å². The lowest BCUT2D eigenvalue weighted by Gasteiger charge is -2.27. The molecule has 0 bridgehead atoms. The Morgan fingerprint density at radius 1 is 0.935 bits per heavy atom. The number of nitrogens with zero attached hydrogens (tertiary/aromatic N) is 1. The topological polar surface area (TPSA) is 83.9 Å². The number of aliphatic hydroxyl groups is 1. The number of methoxy groups -OCH3 is 1. The van der Waals surface area contributed by atoms with E-state index in [1.54, 1.807) is 42.5 Å². The molecular formula is C23H18FNO5S. The second-order valence-electron chi connectivity index (χ2n) is 6.86. The lowest BCUT2D eigenvalue weighted by atomic mass is 10.1. The molecular weight excluding hydrogens is 421 g/mol. The number of carbonyl (C=O) groups excluding carboxylic acids is 1. The van der Waals surface area contributed by atoms with Crippen LogP contribution in [0.2, 0.25) is 0 Å². The van der Waals surface area contributed by atoms with Crippen LogP contribution < -0.4 is 9.64 Å².